The Morgan fingerprint density at radius 1 is 0.641 bits per heavy atom. The van der Waals surface area contributed by atoms with Crippen molar-refractivity contribution in [1.29, 1.82) is 0 Å². The molecule has 0 spiro atoms. The molecule has 22 nitrogen and oxygen atoms in total. The van der Waals surface area contributed by atoms with Gasteiger partial charge < -0.3 is 41.0 Å². The number of ether oxygens (including phenoxy) is 2. The molecule has 5 aromatic heterocycles. The summed E-state index contributed by atoms with van der Waals surface area (Å²) in [5.74, 6) is 2.66. The molecule has 3 aliphatic rings. The van der Waals surface area contributed by atoms with Gasteiger partial charge in [-0.05, 0) is 131 Å². The molecule has 0 bridgehead atoms. The number of pyridine rings is 3. The topological polar surface area (TPSA) is 284 Å². The molecule has 6 N–H and O–H groups in total. The molecule has 3 aliphatic heterocycles. The fourth-order valence-corrected chi connectivity index (χ4v) is 10.7. The van der Waals surface area contributed by atoms with Gasteiger partial charge in [0.05, 0.1) is 9.85 Å². The summed E-state index contributed by atoms with van der Waals surface area (Å²) >= 11 is 13.3. The first-order valence-corrected chi connectivity index (χ1v) is 31.3. The van der Waals surface area contributed by atoms with E-state index in [9.17, 15) is 29.8 Å². The molecule has 4 aromatic carbocycles. The Morgan fingerprint density at radius 3 is 1.50 bits per heavy atom. The fraction of sp³-hybridized carbons (Fsp3) is 0.328. The van der Waals surface area contributed by atoms with Gasteiger partial charge in [0.25, 0.3) is 11.4 Å². The van der Waals surface area contributed by atoms with Crippen molar-refractivity contribution in [3.8, 4) is 11.5 Å². The van der Waals surface area contributed by atoms with Crippen molar-refractivity contribution in [2.75, 3.05) is 66.7 Å². The zero-order valence-electron chi connectivity index (χ0n) is 52.5. The van der Waals surface area contributed by atoms with Crippen LogP contribution in [0.15, 0.2) is 128 Å². The third-order valence-electron chi connectivity index (χ3n) is 13.5. The van der Waals surface area contributed by atoms with Crippen LogP contribution in [0, 0.1) is 67.0 Å². The molecule has 28 heteroatoms. The number of halogens is 2. The normalized spacial score (nSPS) is 15.3. The molecule has 3 saturated heterocycles. The van der Waals surface area contributed by atoms with Crippen LogP contribution in [-0.4, -0.2) is 110 Å². The number of benzene rings is 4. The molecule has 0 aliphatic carbocycles. The molecule has 3 atom stereocenters. The summed E-state index contributed by atoms with van der Waals surface area (Å²) in [6.45, 7) is 24.3. The Kier molecular flexibility index (Phi) is 34.6. The van der Waals surface area contributed by atoms with E-state index in [1.165, 1.54) is 108 Å². The number of anilines is 4. The van der Waals surface area contributed by atoms with Crippen molar-refractivity contribution in [1.82, 2.24) is 40.9 Å². The van der Waals surface area contributed by atoms with E-state index in [-0.39, 0.29) is 88.3 Å². The number of nitro groups is 2. The number of nitrogen functional groups attached to an aromatic ring is 1. The van der Waals surface area contributed by atoms with Gasteiger partial charge in [0.2, 0.25) is 0 Å². The van der Waals surface area contributed by atoms with Gasteiger partial charge >= 0.3 is 11.5 Å². The Morgan fingerprint density at radius 2 is 1.10 bits per heavy atom. The summed E-state index contributed by atoms with van der Waals surface area (Å²) in [6.07, 6.45) is 8.89. The largest absolute Gasteiger partial charge is 0.418 e. The number of thiazole rings is 2. The number of fused-ring (bicyclic) bond motifs is 2. The quantitative estimate of drug-likeness (QED) is 0.0326. The second-order valence-corrected chi connectivity index (χ2v) is 23.8. The number of nitrogens with one attached hydrogen (secondary N) is 4. The minimum atomic E-state index is -0.978. The van der Waals surface area contributed by atoms with E-state index in [1.807, 2.05) is 81.7 Å². The maximum Gasteiger partial charge on any atom is 0.418 e. The Hall–Kier alpha value is -6.28. The number of carbonyl (C=O) groups is 2. The zero-order chi connectivity index (χ0) is 65.1. The fourth-order valence-electron chi connectivity index (χ4n) is 8.97. The van der Waals surface area contributed by atoms with Gasteiger partial charge in [-0.15, -0.1) is 12.1 Å². The summed E-state index contributed by atoms with van der Waals surface area (Å²) in [7, 11) is 0. The molecule has 482 valence electrons. The number of hydrogen-bond acceptors (Lipinski definition) is 21. The van der Waals surface area contributed by atoms with Gasteiger partial charge in [-0.2, -0.15) is 58.1 Å². The zero-order valence-corrected chi connectivity index (χ0v) is 61.3. The minimum absolute atomic E-state index is 0. The van der Waals surface area contributed by atoms with E-state index in [1.54, 1.807) is 6.20 Å². The Labute approximate surface area is 604 Å². The van der Waals surface area contributed by atoms with Crippen molar-refractivity contribution in [2.45, 2.75) is 92.8 Å². The average molecular weight is 1480 g/mol. The summed E-state index contributed by atoms with van der Waals surface area (Å²) in [6, 6.07) is 37.9. The Bertz CT molecular complexity index is 3670. The van der Waals surface area contributed by atoms with E-state index in [0.717, 1.165) is 94.1 Å². The van der Waals surface area contributed by atoms with Gasteiger partial charge in [-0.25, -0.2) is 34.5 Å². The molecule has 12 rings (SSSR count). The van der Waals surface area contributed by atoms with E-state index in [2.05, 4.69) is 120 Å². The first-order valence-electron chi connectivity index (χ1n) is 28.9. The van der Waals surface area contributed by atoms with Gasteiger partial charge in [-0.3, -0.25) is 25.5 Å². The predicted molar refractivity (Wildman–Crippen MR) is 361 cm³/mol. The van der Waals surface area contributed by atoms with Crippen LogP contribution < -0.4 is 46.3 Å². The maximum absolute atomic E-state index is 11.8. The van der Waals surface area contributed by atoms with E-state index < -0.39 is 21.4 Å². The number of nitrogens with zero attached hydrogens (tertiary/aromatic N) is 9. The third kappa shape index (κ3) is 27.4. The second kappa shape index (κ2) is 40.7. The van der Waals surface area contributed by atoms with Crippen molar-refractivity contribution in [3.05, 3.63) is 193 Å². The van der Waals surface area contributed by atoms with Crippen LogP contribution in [0.25, 0.3) is 20.4 Å². The smallest absolute Gasteiger partial charge is 0.414 e. The SMILES string of the molecule is CC1CCCCN1.Cc1[c-]cc2sc(N)nc2c1.Cc1[c-]cc2sc(NC(=O)Oc3ccc([N+](=O)[O-])cc3)nc2c1.Cc1cccnc1Cl.Cc1cccnc1N1CCNC(C)C1.Cc1cccnc1N1CCNC(C)C1.O=C(Cl)Oc1ccc([N+](=O)[O-])cc1.[Y].[Y]. The van der Waals surface area contributed by atoms with Crippen molar-refractivity contribution in [2.24, 2.45) is 0 Å². The van der Waals surface area contributed by atoms with Crippen LogP contribution in [0.3, 0.4) is 0 Å². The number of rotatable bonds is 7. The molecule has 2 radical (unpaired) electrons. The number of nitrogens with two attached hydrogens (primary N) is 1. The molecule has 0 saturated carbocycles. The summed E-state index contributed by atoms with van der Waals surface area (Å²) in [5.41, 5.74) is 11.8. The molecular formula is C64H74Cl2N14O8S2Y2-2. The first-order chi connectivity index (χ1) is 43.1. The second-order valence-electron chi connectivity index (χ2n) is 21.0. The van der Waals surface area contributed by atoms with Crippen LogP contribution >= 0.6 is 45.9 Å². The molecule has 92 heavy (non-hydrogen) atoms. The molecule has 3 unspecified atom stereocenters. The first kappa shape index (κ1) is 78.2. The number of amides is 1. The standard InChI is InChI=1S/C15H10N3O4S.2C11H17N3.C8H7N2S.C7H4ClNO4.C6H6ClN.C6H13N.2Y/c1-9-2-7-13-12(8-9)16-14(23-13)17-15(19)22-11-5-3-10(4-6-11)18(20)21;2*1-9-4-3-5-13-11(9)14-7-6-12-10(2)8-14;1-5-2-3-7-6(4-5)10-8(9)11-7;8-7(10)13-6-3-1-5(2-4-6)9(11)12;1-5-3-2-4-8-6(5)7;1-6-4-2-3-5-7-6;;/h3-8H,1H3,(H,16,17,19);2*3-5,10,12H,6-8H2,1-2H3;3-4H,1H3,(H2,9,10);1-4H;2-4H,1H3;6-7H,2-5H2,1H3;;/q-1;;;-1;;;;;. The minimum Gasteiger partial charge on any atom is -0.414 e. The number of aryl methyl sites for hydroxylation is 5. The number of non-ortho nitro benzene ring substituents is 2. The molecular weight excluding hydrogens is 1410 g/mol. The van der Waals surface area contributed by atoms with Gasteiger partial charge in [-0.1, -0.05) is 59.5 Å². The summed E-state index contributed by atoms with van der Waals surface area (Å²) in [5, 5.41) is 35.2. The maximum atomic E-state index is 11.8. The number of piperidine rings is 1. The van der Waals surface area contributed by atoms with Crippen LogP contribution in [0.2, 0.25) is 5.15 Å². The van der Waals surface area contributed by atoms with Crippen LogP contribution in [0.1, 0.15) is 67.9 Å². The van der Waals surface area contributed by atoms with Crippen LogP contribution in [0.4, 0.5) is 42.9 Å². The summed E-state index contributed by atoms with van der Waals surface area (Å²) < 4.78 is 11.5. The Balaban J connectivity index is 0.000000235. The van der Waals surface area contributed by atoms with E-state index in [4.69, 9.17) is 33.7 Å². The van der Waals surface area contributed by atoms with Gasteiger partial charge in [0, 0.05) is 177 Å². The van der Waals surface area contributed by atoms with Crippen LogP contribution in [0.5, 0.6) is 11.5 Å². The third-order valence-corrected chi connectivity index (χ3v) is 15.7. The van der Waals surface area contributed by atoms with Crippen LogP contribution in [-0.2, 0) is 65.4 Å². The van der Waals surface area contributed by atoms with Gasteiger partial charge in [0.15, 0.2) is 10.3 Å². The molecule has 8 heterocycles. The number of hydrogen-bond donors (Lipinski definition) is 5. The van der Waals surface area contributed by atoms with E-state index >= 15 is 0 Å². The van der Waals surface area contributed by atoms with Gasteiger partial charge in [0.1, 0.15) is 28.3 Å². The van der Waals surface area contributed by atoms with Crippen molar-refractivity contribution < 1.29 is 94.3 Å². The average Bonchev–Trinajstić information content (AvgIpc) is 1.95. The number of piperazine rings is 2. The molecule has 1 amide bonds. The van der Waals surface area contributed by atoms with Crippen molar-refractivity contribution in [3.63, 3.8) is 0 Å². The van der Waals surface area contributed by atoms with E-state index in [0.29, 0.717) is 27.5 Å². The molecule has 3 fully saturated rings. The summed E-state index contributed by atoms with van der Waals surface area (Å²) in [4.78, 5) is 67.6. The number of aromatic nitrogens is 5. The van der Waals surface area contributed by atoms with Crippen molar-refractivity contribution >= 4 is 111 Å². The monoisotopic (exact) mass is 1480 g/mol. The number of nitro benzene ring substituents is 2. The number of carbonyl (C=O) groups excluding carboxylic acids is 2. The predicted octanol–water partition coefficient (Wildman–Crippen LogP) is 13.8. The molecule has 9 aromatic rings.